The molecule has 2 aromatic rings. The monoisotopic (exact) mass is 412 g/mol. The van der Waals surface area contributed by atoms with Crippen molar-refractivity contribution in [3.8, 4) is 0 Å². The Labute approximate surface area is 174 Å². The van der Waals surface area contributed by atoms with E-state index >= 15 is 0 Å². The Hall–Kier alpha value is -2.80. The molecule has 1 N–H and O–H groups in total. The summed E-state index contributed by atoms with van der Waals surface area (Å²) in [6.45, 7) is 6.60. The molecule has 152 valence electrons. The van der Waals surface area contributed by atoms with Gasteiger partial charge in [-0.2, -0.15) is 0 Å². The third-order valence-corrected chi connectivity index (χ3v) is 5.85. The molecule has 0 aliphatic carbocycles. The van der Waals surface area contributed by atoms with Gasteiger partial charge in [0.25, 0.3) is 5.91 Å². The van der Waals surface area contributed by atoms with E-state index in [0.717, 1.165) is 4.90 Å². The fraction of sp³-hybridized carbons (Fsp3) is 0.318. The number of esters is 1. The first kappa shape index (κ1) is 20.9. The van der Waals surface area contributed by atoms with Crippen LogP contribution in [0.3, 0.4) is 0 Å². The number of nitrogens with zero attached hydrogens (tertiary/aromatic N) is 1. The molecule has 0 radical (unpaired) electrons. The van der Waals surface area contributed by atoms with Gasteiger partial charge in [-0.1, -0.05) is 30.3 Å². The van der Waals surface area contributed by atoms with Crippen molar-refractivity contribution in [3.05, 3.63) is 54.6 Å². The van der Waals surface area contributed by atoms with Crippen molar-refractivity contribution in [2.24, 2.45) is 0 Å². The van der Waals surface area contributed by atoms with Crippen LogP contribution < -0.4 is 10.2 Å². The molecular formula is C22H24N2O4S. The van der Waals surface area contributed by atoms with E-state index in [-0.39, 0.29) is 5.91 Å². The summed E-state index contributed by atoms with van der Waals surface area (Å²) in [6, 6.07) is 16.6. The van der Waals surface area contributed by atoms with Crippen LogP contribution >= 0.6 is 11.8 Å². The Morgan fingerprint density at radius 1 is 1.03 bits per heavy atom. The fourth-order valence-electron chi connectivity index (χ4n) is 3.10. The second-order valence-electron chi connectivity index (χ2n) is 7.36. The van der Waals surface area contributed by atoms with Crippen molar-refractivity contribution in [2.75, 3.05) is 10.2 Å². The van der Waals surface area contributed by atoms with Gasteiger partial charge in [-0.25, -0.2) is 0 Å². The number of thioether (sulfide) groups is 1. The molecule has 1 aliphatic rings. The van der Waals surface area contributed by atoms with Crippen molar-refractivity contribution < 1.29 is 19.1 Å². The molecule has 0 spiro atoms. The predicted octanol–water partition coefficient (Wildman–Crippen LogP) is 3.86. The van der Waals surface area contributed by atoms with Crippen LogP contribution in [0.1, 0.15) is 27.7 Å². The summed E-state index contributed by atoms with van der Waals surface area (Å²) in [5, 5.41) is 2.34. The zero-order chi connectivity index (χ0) is 21.2. The smallest absolute Gasteiger partial charge is 0.319 e. The lowest BCUT2D eigenvalue weighted by molar-refractivity contribution is -0.153. The quantitative estimate of drug-likeness (QED) is 0.596. The van der Waals surface area contributed by atoms with Crippen molar-refractivity contribution in [1.82, 2.24) is 0 Å². The number of carbonyl (C=O) groups excluding carboxylic acids is 3. The van der Waals surface area contributed by atoms with Gasteiger partial charge in [0.1, 0.15) is 10.8 Å². The number of nitrogens with one attached hydrogen (secondary N) is 1. The number of rotatable bonds is 5. The largest absolute Gasteiger partial charge is 0.452 e. The second-order valence-corrected chi connectivity index (χ2v) is 8.77. The van der Waals surface area contributed by atoms with Gasteiger partial charge in [-0.3, -0.25) is 19.3 Å². The van der Waals surface area contributed by atoms with Crippen LogP contribution in [0.15, 0.2) is 59.5 Å². The molecule has 0 fully saturated rings. The van der Waals surface area contributed by atoms with Crippen LogP contribution in [0.5, 0.6) is 0 Å². The lowest BCUT2D eigenvalue weighted by Gasteiger charge is -2.42. The molecule has 0 bridgehead atoms. The molecule has 2 aromatic carbocycles. The Morgan fingerprint density at radius 3 is 2.34 bits per heavy atom. The standard InChI is InChI=1S/C22H24N2O4S/c1-14(28-20(26)15(2)29-16-10-6-5-7-11-16)19(25)24-18-13-9-8-12-17(18)23-21(27)22(24,3)4/h5-15H,1-4H3,(H,23,27)/t14-,15+/m1/s1. The number of carbonyl (C=O) groups is 3. The van der Waals surface area contributed by atoms with E-state index in [1.165, 1.54) is 23.6 Å². The molecule has 0 saturated carbocycles. The lowest BCUT2D eigenvalue weighted by Crippen LogP contribution is -2.60. The Bertz CT molecular complexity index is 929. The summed E-state index contributed by atoms with van der Waals surface area (Å²) >= 11 is 1.37. The number of ether oxygens (including phenoxy) is 1. The van der Waals surface area contributed by atoms with Gasteiger partial charge < -0.3 is 10.1 Å². The summed E-state index contributed by atoms with van der Waals surface area (Å²) < 4.78 is 5.46. The molecule has 0 saturated heterocycles. The molecule has 1 heterocycles. The predicted molar refractivity (Wildman–Crippen MR) is 114 cm³/mol. The van der Waals surface area contributed by atoms with Crippen LogP contribution in [0, 0.1) is 0 Å². The number of para-hydroxylation sites is 2. The van der Waals surface area contributed by atoms with Crippen LogP contribution in [0.2, 0.25) is 0 Å². The SMILES string of the molecule is C[C@H](Sc1ccccc1)C(=O)O[C@H](C)C(=O)N1c2ccccc2NC(=O)C1(C)C. The number of hydrogen-bond donors (Lipinski definition) is 1. The number of amides is 2. The normalized spacial score (nSPS) is 17.0. The van der Waals surface area contributed by atoms with Crippen molar-refractivity contribution >= 4 is 40.9 Å². The minimum absolute atomic E-state index is 0.295. The fourth-order valence-corrected chi connectivity index (χ4v) is 3.97. The zero-order valence-corrected chi connectivity index (χ0v) is 17.7. The van der Waals surface area contributed by atoms with E-state index < -0.39 is 28.8 Å². The molecule has 2 amide bonds. The maximum Gasteiger partial charge on any atom is 0.319 e. The van der Waals surface area contributed by atoms with Gasteiger partial charge in [-0.05, 0) is 52.0 Å². The Balaban J connectivity index is 1.75. The van der Waals surface area contributed by atoms with Gasteiger partial charge in [-0.15, -0.1) is 11.8 Å². The highest BCUT2D eigenvalue weighted by molar-refractivity contribution is 8.00. The molecule has 7 heteroatoms. The number of hydrogen-bond acceptors (Lipinski definition) is 5. The first-order valence-corrected chi connectivity index (χ1v) is 10.3. The summed E-state index contributed by atoms with van der Waals surface area (Å²) in [6.07, 6.45) is -1.03. The third kappa shape index (κ3) is 4.29. The summed E-state index contributed by atoms with van der Waals surface area (Å²) in [5.41, 5.74) is 0.0182. The third-order valence-electron chi connectivity index (χ3n) is 4.76. The number of benzene rings is 2. The van der Waals surface area contributed by atoms with Crippen molar-refractivity contribution in [3.63, 3.8) is 0 Å². The van der Waals surface area contributed by atoms with Gasteiger partial charge in [0.15, 0.2) is 6.10 Å². The topological polar surface area (TPSA) is 75.7 Å². The first-order valence-electron chi connectivity index (χ1n) is 9.38. The van der Waals surface area contributed by atoms with Crippen LogP contribution in [0.25, 0.3) is 0 Å². The van der Waals surface area contributed by atoms with E-state index in [9.17, 15) is 14.4 Å². The van der Waals surface area contributed by atoms with Gasteiger partial charge >= 0.3 is 5.97 Å². The molecule has 29 heavy (non-hydrogen) atoms. The average Bonchev–Trinajstić information content (AvgIpc) is 2.69. The van der Waals surface area contributed by atoms with E-state index in [0.29, 0.717) is 11.4 Å². The van der Waals surface area contributed by atoms with Crippen LogP contribution in [0.4, 0.5) is 11.4 Å². The van der Waals surface area contributed by atoms with E-state index in [2.05, 4.69) is 5.32 Å². The zero-order valence-electron chi connectivity index (χ0n) is 16.8. The van der Waals surface area contributed by atoms with E-state index in [4.69, 9.17) is 4.74 Å². The van der Waals surface area contributed by atoms with Gasteiger partial charge in [0.05, 0.1) is 11.4 Å². The Kier molecular flexibility index (Phi) is 5.98. The summed E-state index contributed by atoms with van der Waals surface area (Å²) in [5.74, 6) is -1.22. The minimum Gasteiger partial charge on any atom is -0.452 e. The summed E-state index contributed by atoms with van der Waals surface area (Å²) in [7, 11) is 0. The molecule has 6 nitrogen and oxygen atoms in total. The molecule has 3 rings (SSSR count). The molecule has 2 atom stereocenters. The average molecular weight is 413 g/mol. The van der Waals surface area contributed by atoms with Crippen LogP contribution in [-0.4, -0.2) is 34.7 Å². The second kappa shape index (κ2) is 8.29. The molecule has 1 aliphatic heterocycles. The van der Waals surface area contributed by atoms with Crippen molar-refractivity contribution in [1.29, 1.82) is 0 Å². The van der Waals surface area contributed by atoms with Crippen molar-refractivity contribution in [2.45, 2.75) is 49.5 Å². The highest BCUT2D eigenvalue weighted by atomic mass is 32.2. The van der Waals surface area contributed by atoms with Gasteiger partial charge in [0.2, 0.25) is 5.91 Å². The maximum atomic E-state index is 13.2. The Morgan fingerprint density at radius 2 is 1.66 bits per heavy atom. The highest BCUT2D eigenvalue weighted by Gasteiger charge is 2.45. The number of anilines is 2. The molecule has 0 aromatic heterocycles. The summed E-state index contributed by atoms with van der Waals surface area (Å²) in [4.78, 5) is 40.6. The van der Waals surface area contributed by atoms with Crippen LogP contribution in [-0.2, 0) is 19.1 Å². The van der Waals surface area contributed by atoms with E-state index in [1.807, 2.05) is 30.3 Å². The van der Waals surface area contributed by atoms with Gasteiger partial charge in [0, 0.05) is 4.90 Å². The minimum atomic E-state index is -1.11. The lowest BCUT2D eigenvalue weighted by atomic mass is 9.95. The maximum absolute atomic E-state index is 13.2. The highest BCUT2D eigenvalue weighted by Crippen LogP contribution is 2.37. The number of fused-ring (bicyclic) bond motifs is 1. The molecule has 0 unspecified atom stereocenters. The van der Waals surface area contributed by atoms with E-state index in [1.54, 1.807) is 45.0 Å². The first-order chi connectivity index (χ1) is 13.7. The molecular weight excluding hydrogens is 388 g/mol.